The van der Waals surface area contributed by atoms with Gasteiger partial charge in [0.1, 0.15) is 6.10 Å². The zero-order valence-electron chi connectivity index (χ0n) is 9.06. The molecule has 0 spiro atoms. The Balaban J connectivity index is 2.65. The first kappa shape index (κ1) is 11.5. The molecule has 0 bridgehead atoms. The fourth-order valence-electron chi connectivity index (χ4n) is 1.17. The molecule has 15 heavy (non-hydrogen) atoms. The molecule has 0 saturated carbocycles. The summed E-state index contributed by atoms with van der Waals surface area (Å²) >= 11 is 0. The van der Waals surface area contributed by atoms with E-state index in [0.29, 0.717) is 12.3 Å². The quantitative estimate of drug-likeness (QED) is 0.722. The van der Waals surface area contributed by atoms with Crippen molar-refractivity contribution in [2.24, 2.45) is 7.05 Å². The van der Waals surface area contributed by atoms with Crippen molar-refractivity contribution >= 4 is 11.7 Å². The van der Waals surface area contributed by atoms with Gasteiger partial charge in [-0.05, 0) is 6.92 Å². The number of nitrogens with two attached hydrogens (primary N) is 1. The molecule has 1 rings (SSSR count). The Labute approximate surface area is 88.0 Å². The van der Waals surface area contributed by atoms with E-state index in [1.165, 1.54) is 4.68 Å². The van der Waals surface area contributed by atoms with Gasteiger partial charge in [0.15, 0.2) is 5.69 Å². The van der Waals surface area contributed by atoms with Crippen LogP contribution in [0.25, 0.3) is 0 Å². The van der Waals surface area contributed by atoms with Gasteiger partial charge in [0.2, 0.25) is 0 Å². The fraction of sp³-hybridized carbons (Fsp3) is 0.556. The number of aryl methyl sites for hydroxylation is 1. The molecule has 0 fully saturated rings. The second-order valence-electron chi connectivity index (χ2n) is 3.28. The van der Waals surface area contributed by atoms with Crippen LogP contribution in [0.15, 0.2) is 6.20 Å². The highest BCUT2D eigenvalue weighted by Gasteiger charge is 2.18. The number of anilines is 1. The summed E-state index contributed by atoms with van der Waals surface area (Å²) in [5.41, 5.74) is 6.03. The maximum absolute atomic E-state index is 11.5. The number of carbonyl (C=O) groups excluding carboxylic acids is 1. The number of nitrogens with zero attached hydrogens (tertiary/aromatic N) is 2. The molecule has 1 unspecified atom stereocenters. The average Bonchev–Trinajstić information content (AvgIpc) is 2.45. The number of carbonyl (C=O) groups is 1. The van der Waals surface area contributed by atoms with Crippen molar-refractivity contribution in [1.29, 1.82) is 0 Å². The molecule has 1 atom stereocenters. The lowest BCUT2D eigenvalue weighted by atomic mass is 10.3. The third-order valence-corrected chi connectivity index (χ3v) is 1.76. The average molecular weight is 213 g/mol. The topological polar surface area (TPSA) is 79.4 Å². The van der Waals surface area contributed by atoms with Crippen molar-refractivity contribution in [3.8, 4) is 0 Å². The van der Waals surface area contributed by atoms with Gasteiger partial charge in [0.25, 0.3) is 0 Å². The maximum atomic E-state index is 11.5. The summed E-state index contributed by atoms with van der Waals surface area (Å²) in [5.74, 6) is -0.530. The standard InChI is InChI=1S/C9H15N3O3/c1-6(5-14-3)15-9(13)8-7(10)4-12(2)11-8/h4,6H,5,10H2,1-3H3. The molecule has 6 heteroatoms. The van der Waals surface area contributed by atoms with Gasteiger partial charge >= 0.3 is 5.97 Å². The molecular formula is C9H15N3O3. The van der Waals surface area contributed by atoms with E-state index in [2.05, 4.69) is 5.10 Å². The van der Waals surface area contributed by atoms with Crippen molar-refractivity contribution < 1.29 is 14.3 Å². The highest BCUT2D eigenvalue weighted by molar-refractivity contribution is 5.92. The first-order valence-corrected chi connectivity index (χ1v) is 4.53. The van der Waals surface area contributed by atoms with Crippen LogP contribution in [0.2, 0.25) is 0 Å². The van der Waals surface area contributed by atoms with E-state index < -0.39 is 5.97 Å². The molecule has 0 aromatic carbocycles. The SMILES string of the molecule is COCC(C)OC(=O)c1nn(C)cc1N. The van der Waals surface area contributed by atoms with E-state index in [1.807, 2.05) is 0 Å². The largest absolute Gasteiger partial charge is 0.455 e. The van der Waals surface area contributed by atoms with Gasteiger partial charge in [-0.25, -0.2) is 4.79 Å². The minimum absolute atomic E-state index is 0.139. The first-order valence-electron chi connectivity index (χ1n) is 4.53. The smallest absolute Gasteiger partial charge is 0.361 e. The van der Waals surface area contributed by atoms with E-state index in [9.17, 15) is 4.79 Å². The second kappa shape index (κ2) is 4.79. The van der Waals surface area contributed by atoms with E-state index >= 15 is 0 Å². The highest BCUT2D eigenvalue weighted by atomic mass is 16.6. The van der Waals surface area contributed by atoms with Crippen LogP contribution in [-0.2, 0) is 16.5 Å². The van der Waals surface area contributed by atoms with E-state index in [4.69, 9.17) is 15.2 Å². The summed E-state index contributed by atoms with van der Waals surface area (Å²) in [6.45, 7) is 2.08. The van der Waals surface area contributed by atoms with Crippen molar-refractivity contribution in [2.45, 2.75) is 13.0 Å². The van der Waals surface area contributed by atoms with Gasteiger partial charge in [-0.1, -0.05) is 0 Å². The Kier molecular flexibility index (Phi) is 3.68. The third-order valence-electron chi connectivity index (χ3n) is 1.76. The van der Waals surface area contributed by atoms with Crippen LogP contribution in [0.4, 0.5) is 5.69 Å². The zero-order chi connectivity index (χ0) is 11.4. The lowest BCUT2D eigenvalue weighted by Gasteiger charge is -2.10. The van der Waals surface area contributed by atoms with Gasteiger partial charge in [-0.3, -0.25) is 4.68 Å². The third kappa shape index (κ3) is 2.95. The molecule has 0 aliphatic carbocycles. The first-order chi connectivity index (χ1) is 7.04. The van der Waals surface area contributed by atoms with Crippen LogP contribution in [0.3, 0.4) is 0 Å². The van der Waals surface area contributed by atoms with Crippen LogP contribution < -0.4 is 5.73 Å². The Morgan fingerprint density at radius 3 is 2.87 bits per heavy atom. The van der Waals surface area contributed by atoms with Crippen molar-refractivity contribution in [2.75, 3.05) is 19.5 Å². The summed E-state index contributed by atoms with van der Waals surface area (Å²) in [4.78, 5) is 11.5. The highest BCUT2D eigenvalue weighted by Crippen LogP contribution is 2.10. The maximum Gasteiger partial charge on any atom is 0.361 e. The molecule has 2 N–H and O–H groups in total. The van der Waals surface area contributed by atoms with Gasteiger partial charge in [-0.2, -0.15) is 5.10 Å². The summed E-state index contributed by atoms with van der Waals surface area (Å²) in [6.07, 6.45) is 1.24. The predicted octanol–water partition coefficient (Wildman–Crippen LogP) is 0.194. The van der Waals surface area contributed by atoms with Crippen molar-refractivity contribution in [3.63, 3.8) is 0 Å². The summed E-state index contributed by atoms with van der Waals surface area (Å²) < 4.78 is 11.4. The minimum atomic E-state index is -0.530. The second-order valence-corrected chi connectivity index (χ2v) is 3.28. The molecule has 0 saturated heterocycles. The van der Waals surface area contributed by atoms with Crippen LogP contribution in [0.5, 0.6) is 0 Å². The number of hydrogen-bond donors (Lipinski definition) is 1. The van der Waals surface area contributed by atoms with Gasteiger partial charge < -0.3 is 15.2 Å². The Hall–Kier alpha value is -1.56. The molecule has 0 aliphatic rings. The van der Waals surface area contributed by atoms with E-state index in [0.717, 1.165) is 0 Å². The molecule has 1 aromatic heterocycles. The molecule has 0 aliphatic heterocycles. The summed E-state index contributed by atoms with van der Waals surface area (Å²) in [6, 6.07) is 0. The lowest BCUT2D eigenvalue weighted by Crippen LogP contribution is -2.20. The molecule has 0 radical (unpaired) electrons. The predicted molar refractivity (Wildman–Crippen MR) is 54.4 cm³/mol. The van der Waals surface area contributed by atoms with Gasteiger partial charge in [0.05, 0.1) is 12.3 Å². The minimum Gasteiger partial charge on any atom is -0.455 e. The monoisotopic (exact) mass is 213 g/mol. The fourth-order valence-corrected chi connectivity index (χ4v) is 1.17. The summed E-state index contributed by atoms with van der Waals surface area (Å²) in [7, 11) is 3.23. The molecular weight excluding hydrogens is 198 g/mol. The number of nitrogen functional groups attached to an aromatic ring is 1. The normalized spacial score (nSPS) is 12.5. The Morgan fingerprint density at radius 2 is 2.40 bits per heavy atom. The Morgan fingerprint density at radius 1 is 1.73 bits per heavy atom. The molecule has 0 amide bonds. The van der Waals surface area contributed by atoms with E-state index in [1.54, 1.807) is 27.3 Å². The number of esters is 1. The van der Waals surface area contributed by atoms with Crippen LogP contribution in [0, 0.1) is 0 Å². The van der Waals surface area contributed by atoms with Crippen LogP contribution in [0.1, 0.15) is 17.4 Å². The number of hydrogen-bond acceptors (Lipinski definition) is 5. The number of methoxy groups -OCH3 is 1. The molecule has 1 heterocycles. The van der Waals surface area contributed by atoms with Gasteiger partial charge in [-0.15, -0.1) is 0 Å². The van der Waals surface area contributed by atoms with E-state index in [-0.39, 0.29) is 11.8 Å². The van der Waals surface area contributed by atoms with Crippen molar-refractivity contribution in [1.82, 2.24) is 9.78 Å². The number of aromatic nitrogens is 2. The zero-order valence-corrected chi connectivity index (χ0v) is 9.06. The molecule has 1 aromatic rings. The number of ether oxygens (including phenoxy) is 2. The summed E-state index contributed by atoms with van der Waals surface area (Å²) in [5, 5.41) is 3.90. The van der Waals surface area contributed by atoms with Crippen LogP contribution in [-0.4, -0.2) is 35.6 Å². The van der Waals surface area contributed by atoms with Crippen molar-refractivity contribution in [3.05, 3.63) is 11.9 Å². The van der Waals surface area contributed by atoms with Crippen LogP contribution >= 0.6 is 0 Å². The molecule has 6 nitrogen and oxygen atoms in total. The Bertz CT molecular complexity index is 348. The lowest BCUT2D eigenvalue weighted by molar-refractivity contribution is 0.0115. The van der Waals surface area contributed by atoms with Gasteiger partial charge in [0, 0.05) is 20.4 Å². The number of rotatable bonds is 4. The molecule has 84 valence electrons.